The molecule has 1 heterocycles. The highest BCUT2D eigenvalue weighted by atomic mass is 16.5. The monoisotopic (exact) mass is 293 g/mol. The number of aliphatic hydroxyl groups is 1. The maximum absolute atomic E-state index is 10.7. The third kappa shape index (κ3) is 2.62. The van der Waals surface area contributed by atoms with Gasteiger partial charge in [-0.15, -0.1) is 0 Å². The second-order valence-corrected chi connectivity index (χ2v) is 4.92. The molecule has 2 atom stereocenters. The van der Waals surface area contributed by atoms with Crippen LogP contribution in [0.5, 0.6) is 17.2 Å². The van der Waals surface area contributed by atoms with Crippen LogP contribution in [-0.2, 0) is 4.74 Å². The Balaban J connectivity index is 2.49. The maximum atomic E-state index is 10.7. The van der Waals surface area contributed by atoms with Gasteiger partial charge >= 0.3 is 0 Å². The standard InChI is InChI=1S/C15H19NO5/c1-18-11-7-13(20-3)12(19-2)6-10(11)14(17)15(8-16)4-5-21-9-15/h6-7,14,17H,4-5,9H2,1-3H3. The molecule has 0 amide bonds. The molecule has 2 unspecified atom stereocenters. The van der Waals surface area contributed by atoms with Crippen LogP contribution in [-0.4, -0.2) is 39.6 Å². The fraction of sp³-hybridized carbons (Fsp3) is 0.533. The molecule has 0 aliphatic carbocycles. The zero-order valence-corrected chi connectivity index (χ0v) is 12.4. The molecule has 0 radical (unpaired) electrons. The van der Waals surface area contributed by atoms with E-state index in [1.807, 2.05) is 0 Å². The molecule has 0 saturated carbocycles. The van der Waals surface area contributed by atoms with Gasteiger partial charge in [-0.2, -0.15) is 5.26 Å². The van der Waals surface area contributed by atoms with Crippen molar-refractivity contribution >= 4 is 0 Å². The Labute approximate surface area is 123 Å². The summed E-state index contributed by atoms with van der Waals surface area (Å²) in [6.07, 6.45) is -0.554. The van der Waals surface area contributed by atoms with Gasteiger partial charge in [-0.1, -0.05) is 0 Å². The number of nitriles is 1. The van der Waals surface area contributed by atoms with Gasteiger partial charge in [-0.25, -0.2) is 0 Å². The minimum absolute atomic E-state index is 0.197. The van der Waals surface area contributed by atoms with Crippen LogP contribution in [0.15, 0.2) is 12.1 Å². The second-order valence-electron chi connectivity index (χ2n) is 4.92. The number of ether oxygens (including phenoxy) is 4. The van der Waals surface area contributed by atoms with Crippen molar-refractivity contribution in [2.24, 2.45) is 5.41 Å². The van der Waals surface area contributed by atoms with Crippen LogP contribution in [0.2, 0.25) is 0 Å². The van der Waals surface area contributed by atoms with Gasteiger partial charge < -0.3 is 24.1 Å². The van der Waals surface area contributed by atoms with Crippen molar-refractivity contribution in [1.29, 1.82) is 5.26 Å². The molecule has 1 N–H and O–H groups in total. The Morgan fingerprint density at radius 1 is 1.19 bits per heavy atom. The molecule has 1 aromatic rings. The van der Waals surface area contributed by atoms with Crippen molar-refractivity contribution in [2.75, 3.05) is 34.5 Å². The fourth-order valence-corrected chi connectivity index (χ4v) is 2.51. The van der Waals surface area contributed by atoms with Gasteiger partial charge in [0.05, 0.1) is 34.0 Å². The Hall–Kier alpha value is -1.97. The SMILES string of the molecule is COc1cc(OC)c(C(O)C2(C#N)CCOC2)cc1OC. The summed E-state index contributed by atoms with van der Waals surface area (Å²) in [5.74, 6) is 1.42. The maximum Gasteiger partial charge on any atom is 0.164 e. The minimum Gasteiger partial charge on any atom is -0.496 e. The van der Waals surface area contributed by atoms with Gasteiger partial charge in [-0.3, -0.25) is 0 Å². The number of hydrogen-bond donors (Lipinski definition) is 1. The normalized spacial score (nSPS) is 22.4. The van der Waals surface area contributed by atoms with Crippen molar-refractivity contribution in [3.05, 3.63) is 17.7 Å². The van der Waals surface area contributed by atoms with Crippen LogP contribution in [0.1, 0.15) is 18.1 Å². The van der Waals surface area contributed by atoms with E-state index in [9.17, 15) is 10.4 Å². The predicted octanol–water partition coefficient (Wildman–Crippen LogP) is 1.68. The van der Waals surface area contributed by atoms with E-state index in [1.54, 1.807) is 12.1 Å². The lowest BCUT2D eigenvalue weighted by atomic mass is 9.79. The van der Waals surface area contributed by atoms with Crippen molar-refractivity contribution in [3.8, 4) is 23.3 Å². The van der Waals surface area contributed by atoms with Gasteiger partial charge in [0, 0.05) is 18.2 Å². The molecule has 114 valence electrons. The first-order chi connectivity index (χ1) is 10.1. The first-order valence-corrected chi connectivity index (χ1v) is 6.59. The summed E-state index contributed by atoms with van der Waals surface area (Å²) >= 11 is 0. The molecule has 1 aliphatic heterocycles. The average Bonchev–Trinajstić information content (AvgIpc) is 3.02. The van der Waals surface area contributed by atoms with E-state index in [4.69, 9.17) is 18.9 Å². The molecule has 0 spiro atoms. The Bertz CT molecular complexity index is 546. The topological polar surface area (TPSA) is 80.9 Å². The predicted molar refractivity (Wildman–Crippen MR) is 74.5 cm³/mol. The van der Waals surface area contributed by atoms with E-state index >= 15 is 0 Å². The lowest BCUT2D eigenvalue weighted by Crippen LogP contribution is -2.28. The lowest BCUT2D eigenvalue weighted by molar-refractivity contribution is 0.0484. The molecule has 0 bridgehead atoms. The molecule has 2 rings (SSSR count). The summed E-state index contributed by atoms with van der Waals surface area (Å²) in [6, 6.07) is 5.47. The first kappa shape index (κ1) is 15.4. The van der Waals surface area contributed by atoms with Gasteiger partial charge in [0.25, 0.3) is 0 Å². The lowest BCUT2D eigenvalue weighted by Gasteiger charge is -2.27. The van der Waals surface area contributed by atoms with Crippen molar-refractivity contribution in [3.63, 3.8) is 0 Å². The highest BCUT2D eigenvalue weighted by molar-refractivity contribution is 5.52. The molecular weight excluding hydrogens is 274 g/mol. The summed E-state index contributed by atoms with van der Waals surface area (Å²) in [6.45, 7) is 0.655. The number of nitrogens with zero attached hydrogens (tertiary/aromatic N) is 1. The quantitative estimate of drug-likeness (QED) is 0.889. The Kier molecular flexibility index (Phi) is 4.56. The zero-order valence-electron chi connectivity index (χ0n) is 12.4. The van der Waals surface area contributed by atoms with Crippen molar-refractivity contribution in [1.82, 2.24) is 0 Å². The van der Waals surface area contributed by atoms with Gasteiger partial charge in [-0.05, 0) is 12.5 Å². The number of benzene rings is 1. The third-order valence-corrected chi connectivity index (χ3v) is 3.83. The van der Waals surface area contributed by atoms with Crippen LogP contribution >= 0.6 is 0 Å². The average molecular weight is 293 g/mol. The van der Waals surface area contributed by atoms with Crippen molar-refractivity contribution < 1.29 is 24.1 Å². The molecule has 1 saturated heterocycles. The second kappa shape index (κ2) is 6.20. The molecule has 0 aromatic heterocycles. The van der Waals surface area contributed by atoms with Gasteiger partial charge in [0.2, 0.25) is 0 Å². The zero-order chi connectivity index (χ0) is 15.5. The number of rotatable bonds is 5. The van der Waals surface area contributed by atoms with Crippen LogP contribution in [0.3, 0.4) is 0 Å². The fourth-order valence-electron chi connectivity index (χ4n) is 2.51. The van der Waals surface area contributed by atoms with Crippen LogP contribution in [0.25, 0.3) is 0 Å². The summed E-state index contributed by atoms with van der Waals surface area (Å²) in [5.41, 5.74) is -0.477. The highest BCUT2D eigenvalue weighted by Crippen LogP contribution is 2.46. The molecular formula is C15H19NO5. The smallest absolute Gasteiger partial charge is 0.164 e. The number of methoxy groups -OCH3 is 3. The van der Waals surface area contributed by atoms with Crippen LogP contribution < -0.4 is 14.2 Å². The van der Waals surface area contributed by atoms with E-state index < -0.39 is 11.5 Å². The van der Waals surface area contributed by atoms with E-state index in [0.717, 1.165) is 0 Å². The highest BCUT2D eigenvalue weighted by Gasteiger charge is 2.44. The van der Waals surface area contributed by atoms with Crippen LogP contribution in [0, 0.1) is 16.7 Å². The first-order valence-electron chi connectivity index (χ1n) is 6.59. The summed E-state index contributed by atoms with van der Waals surface area (Å²) in [4.78, 5) is 0. The number of hydrogen-bond acceptors (Lipinski definition) is 6. The molecule has 1 aromatic carbocycles. The van der Waals surface area contributed by atoms with E-state index in [-0.39, 0.29) is 6.61 Å². The van der Waals surface area contributed by atoms with Crippen LogP contribution in [0.4, 0.5) is 0 Å². The molecule has 6 heteroatoms. The van der Waals surface area contributed by atoms with Crippen molar-refractivity contribution in [2.45, 2.75) is 12.5 Å². The minimum atomic E-state index is -1.03. The van der Waals surface area contributed by atoms with E-state index in [1.165, 1.54) is 21.3 Å². The third-order valence-electron chi connectivity index (χ3n) is 3.83. The summed E-state index contributed by atoms with van der Waals surface area (Å²) in [5, 5.41) is 20.1. The largest absolute Gasteiger partial charge is 0.496 e. The van der Waals surface area contributed by atoms with E-state index in [0.29, 0.717) is 35.8 Å². The van der Waals surface area contributed by atoms with Gasteiger partial charge in [0.15, 0.2) is 11.5 Å². The summed E-state index contributed by atoms with van der Waals surface area (Å²) < 4.78 is 21.1. The van der Waals surface area contributed by atoms with Gasteiger partial charge in [0.1, 0.15) is 17.3 Å². The molecule has 6 nitrogen and oxygen atoms in total. The molecule has 1 aliphatic rings. The summed E-state index contributed by atoms with van der Waals surface area (Å²) in [7, 11) is 4.54. The number of aliphatic hydroxyl groups excluding tert-OH is 1. The molecule has 21 heavy (non-hydrogen) atoms. The Morgan fingerprint density at radius 3 is 2.29 bits per heavy atom. The molecule has 1 fully saturated rings. The Morgan fingerprint density at radius 2 is 1.81 bits per heavy atom. The van der Waals surface area contributed by atoms with E-state index in [2.05, 4.69) is 6.07 Å².